The first-order valence-electron chi connectivity index (χ1n) is 11.1. The fourth-order valence-corrected chi connectivity index (χ4v) is 3.32. The number of aliphatic hydroxyl groups is 1. The lowest BCUT2D eigenvalue weighted by molar-refractivity contribution is 0.179. The number of ether oxygens (including phenoxy) is 1. The second-order valence-electron chi connectivity index (χ2n) is 7.80. The Hall–Kier alpha value is -2.59. The van der Waals surface area contributed by atoms with Crippen LogP contribution in [0.2, 0.25) is 0 Å². The van der Waals surface area contributed by atoms with Crippen molar-refractivity contribution >= 4 is 29.9 Å². The fraction of sp³-hybridized carbons (Fsp3) is 0.360. The third kappa shape index (κ3) is 8.70. The standard InChI is InChI=1S/C25H33N5O2.HI/c1-4-26-25(28-17-24(31)20-11-7-12-23(15-20)32-19(2)3)27-16-21-9-5-6-10-22(21)18-30-14-8-13-29-30;/h5-15,19,24,31H,4,16-18H2,1-3H3,(H2,26,27,28);1H. The van der Waals surface area contributed by atoms with Crippen LogP contribution in [0.5, 0.6) is 5.75 Å². The molecule has 3 rings (SSSR count). The van der Waals surface area contributed by atoms with Crippen molar-refractivity contribution in [3.63, 3.8) is 0 Å². The molecule has 33 heavy (non-hydrogen) atoms. The largest absolute Gasteiger partial charge is 0.491 e. The number of halogens is 1. The topological polar surface area (TPSA) is 83.7 Å². The predicted octanol–water partition coefficient (Wildman–Crippen LogP) is 4.13. The van der Waals surface area contributed by atoms with Gasteiger partial charge in [-0.1, -0.05) is 36.4 Å². The molecule has 0 saturated heterocycles. The number of aliphatic imine (C=N–C) groups is 1. The monoisotopic (exact) mass is 563 g/mol. The average Bonchev–Trinajstić information content (AvgIpc) is 3.29. The Labute approximate surface area is 213 Å². The minimum absolute atomic E-state index is 0. The van der Waals surface area contributed by atoms with Gasteiger partial charge in [-0.3, -0.25) is 4.68 Å². The number of aliphatic hydroxyl groups excluding tert-OH is 1. The molecule has 8 heteroatoms. The number of aromatic nitrogens is 2. The van der Waals surface area contributed by atoms with Crippen molar-refractivity contribution in [3.8, 4) is 5.75 Å². The Kier molecular flexibility index (Phi) is 11.2. The molecule has 0 aliphatic carbocycles. The van der Waals surface area contributed by atoms with E-state index in [1.165, 1.54) is 5.56 Å². The number of hydrogen-bond acceptors (Lipinski definition) is 4. The summed E-state index contributed by atoms with van der Waals surface area (Å²) in [6, 6.07) is 17.7. The lowest BCUT2D eigenvalue weighted by Crippen LogP contribution is -2.39. The normalized spacial score (nSPS) is 12.2. The third-order valence-corrected chi connectivity index (χ3v) is 4.84. The molecule has 0 saturated carbocycles. The minimum atomic E-state index is -0.679. The zero-order valence-corrected chi connectivity index (χ0v) is 21.8. The quantitative estimate of drug-likeness (QED) is 0.196. The van der Waals surface area contributed by atoms with Crippen LogP contribution in [0.25, 0.3) is 0 Å². The van der Waals surface area contributed by atoms with Crippen LogP contribution in [-0.4, -0.2) is 40.0 Å². The van der Waals surface area contributed by atoms with Crippen LogP contribution < -0.4 is 15.4 Å². The summed E-state index contributed by atoms with van der Waals surface area (Å²) in [5.41, 5.74) is 3.12. The summed E-state index contributed by atoms with van der Waals surface area (Å²) in [6.07, 6.45) is 3.14. The van der Waals surface area contributed by atoms with Crippen LogP contribution in [0.3, 0.4) is 0 Å². The SMILES string of the molecule is CCNC(=NCc1ccccc1Cn1cccn1)NCC(O)c1cccc(OC(C)C)c1.I. The maximum Gasteiger partial charge on any atom is 0.191 e. The van der Waals surface area contributed by atoms with Crippen LogP contribution in [0.1, 0.15) is 43.6 Å². The maximum atomic E-state index is 10.7. The molecule has 1 unspecified atom stereocenters. The molecule has 7 nitrogen and oxygen atoms in total. The third-order valence-electron chi connectivity index (χ3n) is 4.84. The molecule has 2 aromatic carbocycles. The molecule has 0 fully saturated rings. The smallest absolute Gasteiger partial charge is 0.191 e. The van der Waals surface area contributed by atoms with E-state index in [1.807, 2.05) is 74.1 Å². The van der Waals surface area contributed by atoms with Gasteiger partial charge in [0, 0.05) is 25.5 Å². The van der Waals surface area contributed by atoms with Gasteiger partial charge < -0.3 is 20.5 Å². The molecule has 3 aromatic rings. The number of rotatable bonds is 10. The first kappa shape index (κ1) is 26.7. The molecular weight excluding hydrogens is 529 g/mol. The highest BCUT2D eigenvalue weighted by atomic mass is 127. The first-order chi connectivity index (χ1) is 15.5. The summed E-state index contributed by atoms with van der Waals surface area (Å²) >= 11 is 0. The van der Waals surface area contributed by atoms with E-state index in [4.69, 9.17) is 9.73 Å². The van der Waals surface area contributed by atoms with E-state index in [2.05, 4.69) is 27.9 Å². The molecule has 178 valence electrons. The molecule has 1 heterocycles. The number of hydrogen-bond donors (Lipinski definition) is 3. The number of guanidine groups is 1. The van der Waals surface area contributed by atoms with Crippen molar-refractivity contribution in [2.75, 3.05) is 13.1 Å². The summed E-state index contributed by atoms with van der Waals surface area (Å²) in [5.74, 6) is 1.42. The van der Waals surface area contributed by atoms with Crippen LogP contribution in [0.15, 0.2) is 72.0 Å². The molecule has 0 bridgehead atoms. The minimum Gasteiger partial charge on any atom is -0.491 e. The van der Waals surface area contributed by atoms with Crippen LogP contribution >= 0.6 is 24.0 Å². The highest BCUT2D eigenvalue weighted by molar-refractivity contribution is 14.0. The van der Waals surface area contributed by atoms with Gasteiger partial charge in [-0.05, 0) is 55.7 Å². The van der Waals surface area contributed by atoms with Crippen molar-refractivity contribution in [2.24, 2.45) is 4.99 Å². The van der Waals surface area contributed by atoms with Crippen molar-refractivity contribution in [1.82, 2.24) is 20.4 Å². The van der Waals surface area contributed by atoms with Gasteiger partial charge in [-0.25, -0.2) is 4.99 Å². The molecule has 0 spiro atoms. The highest BCUT2D eigenvalue weighted by Gasteiger charge is 2.11. The van der Waals surface area contributed by atoms with E-state index >= 15 is 0 Å². The van der Waals surface area contributed by atoms with Gasteiger partial charge >= 0.3 is 0 Å². The molecular formula is C25H34IN5O2. The predicted molar refractivity (Wildman–Crippen MR) is 143 cm³/mol. The van der Waals surface area contributed by atoms with E-state index in [0.29, 0.717) is 25.6 Å². The second kappa shape index (κ2) is 13.8. The lowest BCUT2D eigenvalue weighted by atomic mass is 10.1. The summed E-state index contributed by atoms with van der Waals surface area (Å²) in [7, 11) is 0. The Bertz CT molecular complexity index is 992. The van der Waals surface area contributed by atoms with E-state index in [1.54, 1.807) is 6.20 Å². The molecule has 1 atom stereocenters. The van der Waals surface area contributed by atoms with E-state index in [0.717, 1.165) is 23.4 Å². The average molecular weight is 563 g/mol. The first-order valence-corrected chi connectivity index (χ1v) is 11.1. The van der Waals surface area contributed by atoms with Gasteiger partial charge in [0.25, 0.3) is 0 Å². The maximum absolute atomic E-state index is 10.7. The fourth-order valence-electron chi connectivity index (χ4n) is 3.32. The lowest BCUT2D eigenvalue weighted by Gasteiger charge is -2.17. The van der Waals surface area contributed by atoms with Crippen LogP contribution in [-0.2, 0) is 13.1 Å². The van der Waals surface area contributed by atoms with Gasteiger partial charge in [0.05, 0.1) is 25.3 Å². The summed E-state index contributed by atoms with van der Waals surface area (Å²) < 4.78 is 7.63. The highest BCUT2D eigenvalue weighted by Crippen LogP contribution is 2.20. The van der Waals surface area contributed by atoms with Gasteiger partial charge in [-0.2, -0.15) is 5.10 Å². The van der Waals surface area contributed by atoms with Gasteiger partial charge in [0.15, 0.2) is 5.96 Å². The Balaban J connectivity index is 0.00000385. The van der Waals surface area contributed by atoms with Gasteiger partial charge in [-0.15, -0.1) is 24.0 Å². The molecule has 0 aliphatic heterocycles. The molecule has 1 aromatic heterocycles. The van der Waals surface area contributed by atoms with Crippen molar-refractivity contribution in [2.45, 2.75) is 46.1 Å². The van der Waals surface area contributed by atoms with E-state index in [9.17, 15) is 5.11 Å². The summed E-state index contributed by atoms with van der Waals surface area (Å²) in [6.45, 7) is 8.29. The number of benzene rings is 2. The van der Waals surface area contributed by atoms with Crippen molar-refractivity contribution in [3.05, 3.63) is 83.7 Å². The Morgan fingerprint density at radius 1 is 1.09 bits per heavy atom. The Morgan fingerprint density at radius 2 is 1.88 bits per heavy atom. The Morgan fingerprint density at radius 3 is 2.58 bits per heavy atom. The zero-order chi connectivity index (χ0) is 22.8. The van der Waals surface area contributed by atoms with Gasteiger partial charge in [0.1, 0.15) is 5.75 Å². The molecule has 0 aliphatic rings. The van der Waals surface area contributed by atoms with Crippen LogP contribution in [0.4, 0.5) is 0 Å². The van der Waals surface area contributed by atoms with Gasteiger partial charge in [0.2, 0.25) is 0 Å². The number of nitrogens with zero attached hydrogens (tertiary/aromatic N) is 3. The number of nitrogens with one attached hydrogen (secondary N) is 2. The van der Waals surface area contributed by atoms with Crippen LogP contribution in [0, 0.1) is 0 Å². The summed E-state index contributed by atoms with van der Waals surface area (Å²) in [5, 5.41) is 21.4. The molecule has 0 amide bonds. The summed E-state index contributed by atoms with van der Waals surface area (Å²) in [4.78, 5) is 4.73. The van der Waals surface area contributed by atoms with E-state index < -0.39 is 6.10 Å². The van der Waals surface area contributed by atoms with Crippen molar-refractivity contribution < 1.29 is 9.84 Å². The second-order valence-corrected chi connectivity index (χ2v) is 7.80. The molecule has 0 radical (unpaired) electrons. The van der Waals surface area contributed by atoms with E-state index in [-0.39, 0.29) is 30.1 Å². The van der Waals surface area contributed by atoms with Crippen molar-refractivity contribution in [1.29, 1.82) is 0 Å². The zero-order valence-electron chi connectivity index (χ0n) is 19.4. The molecule has 3 N–H and O–H groups in total.